The Kier molecular flexibility index (Phi) is 7.29. The second-order valence-corrected chi connectivity index (χ2v) is 13.4. The van der Waals surface area contributed by atoms with Crippen molar-refractivity contribution in [2.75, 3.05) is 10.6 Å². The Morgan fingerprint density at radius 2 is 1.73 bits per heavy atom. The van der Waals surface area contributed by atoms with Gasteiger partial charge in [-0.2, -0.15) is 0 Å². The third-order valence-corrected chi connectivity index (χ3v) is 5.43. The molecule has 2 N–H and O–H groups in total. The molecule has 1 heterocycles. The molecule has 2 amide bonds. The fourth-order valence-electron chi connectivity index (χ4n) is 2.68. The van der Waals surface area contributed by atoms with Gasteiger partial charge in [0.2, 0.25) is 0 Å². The number of rotatable bonds is 4. The number of pyridine rings is 1. The van der Waals surface area contributed by atoms with E-state index in [1.165, 1.54) is 6.07 Å². The van der Waals surface area contributed by atoms with Gasteiger partial charge in [-0.25, -0.2) is 9.83 Å². The summed E-state index contributed by atoms with van der Waals surface area (Å²) in [6.07, 6.45) is 1.61. The second kappa shape index (κ2) is 10.1. The lowest BCUT2D eigenvalue weighted by Gasteiger charge is -2.12. The molecule has 0 aliphatic rings. The molecule has 0 fully saturated rings. The number of aromatic nitrogens is 1. The number of hydrogen-bond donors (Lipinski definition) is 2. The molecule has 1 aromatic heterocycles. The molecule has 6 nitrogen and oxygen atoms in total. The number of nitrogens with zero attached hydrogens (tertiary/aromatic N) is 2. The number of carbonyl (C=O) groups excluding carboxylic acids is 2. The third kappa shape index (κ3) is 6.78. The van der Waals surface area contributed by atoms with E-state index in [0.29, 0.717) is 27.8 Å². The molecule has 3 aromatic rings. The van der Waals surface area contributed by atoms with E-state index in [2.05, 4.69) is 51.6 Å². The molecule has 164 valence electrons. The van der Waals surface area contributed by atoms with Crippen LogP contribution < -0.4 is 10.6 Å². The summed E-state index contributed by atoms with van der Waals surface area (Å²) in [4.78, 5) is 33.1. The van der Waals surface area contributed by atoms with Crippen LogP contribution in [-0.2, 0) is 0 Å². The van der Waals surface area contributed by atoms with E-state index < -0.39 is 19.9 Å². The van der Waals surface area contributed by atoms with Crippen molar-refractivity contribution in [1.82, 2.24) is 4.98 Å². The monoisotopic (exact) mass is 472 g/mol. The minimum atomic E-state index is -1.50. The molecule has 0 saturated carbocycles. The van der Waals surface area contributed by atoms with Gasteiger partial charge < -0.3 is 10.6 Å². The maximum atomic E-state index is 12.9. The van der Waals surface area contributed by atoms with Gasteiger partial charge in [0.15, 0.2) is 5.69 Å². The number of amides is 2. The van der Waals surface area contributed by atoms with Crippen LogP contribution in [0.5, 0.6) is 0 Å². The first-order chi connectivity index (χ1) is 15.6. The maximum Gasteiger partial charge on any atom is 0.258 e. The van der Waals surface area contributed by atoms with E-state index in [9.17, 15) is 9.59 Å². The molecule has 0 spiro atoms. The van der Waals surface area contributed by atoms with Crippen molar-refractivity contribution in [3.05, 3.63) is 93.9 Å². The quantitative estimate of drug-likeness (QED) is 0.277. The Bertz CT molecular complexity index is 1300. The van der Waals surface area contributed by atoms with E-state index in [4.69, 9.17) is 18.2 Å². The van der Waals surface area contributed by atoms with E-state index in [1.54, 1.807) is 54.7 Å². The van der Waals surface area contributed by atoms with Crippen molar-refractivity contribution >= 4 is 48.7 Å². The molecule has 0 radical (unpaired) electrons. The van der Waals surface area contributed by atoms with Gasteiger partial charge in [-0.15, -0.1) is 5.54 Å². The van der Waals surface area contributed by atoms with Crippen LogP contribution in [0.2, 0.25) is 24.7 Å². The molecule has 0 aliphatic carbocycles. The van der Waals surface area contributed by atoms with Crippen LogP contribution in [0.4, 0.5) is 17.2 Å². The zero-order valence-electron chi connectivity index (χ0n) is 18.4. The van der Waals surface area contributed by atoms with Gasteiger partial charge >= 0.3 is 0 Å². The molecule has 0 aliphatic heterocycles. The van der Waals surface area contributed by atoms with E-state index in [1.807, 2.05) is 0 Å². The highest BCUT2D eigenvalue weighted by molar-refractivity contribution is 6.83. The van der Waals surface area contributed by atoms with Crippen molar-refractivity contribution in [3.8, 4) is 11.5 Å². The first kappa shape index (κ1) is 23.7. The molecule has 0 unspecified atom stereocenters. The summed E-state index contributed by atoms with van der Waals surface area (Å²) >= 11 is 6.09. The fraction of sp³-hybridized carbons (Fsp3) is 0.120. The minimum absolute atomic E-state index is 0.193. The van der Waals surface area contributed by atoms with Crippen molar-refractivity contribution in [1.29, 1.82) is 0 Å². The molecule has 33 heavy (non-hydrogen) atoms. The predicted octanol–water partition coefficient (Wildman–Crippen LogP) is 6.02. The predicted molar refractivity (Wildman–Crippen MR) is 135 cm³/mol. The number of carbonyl (C=O) groups is 2. The van der Waals surface area contributed by atoms with Crippen molar-refractivity contribution in [3.63, 3.8) is 0 Å². The standard InChI is InChI=1S/C25H21ClN4O2Si/c1-27-20-9-6-18(7-10-20)24(31)29-22-11-8-19(26)15-21(22)25(32)30-23-12-5-17(16-28-23)13-14-33(2,3)4/h5-12,15-16H,2-4H3,(H,29,31)(H,28,30,32). The van der Waals surface area contributed by atoms with Gasteiger partial charge in [-0.05, 0) is 30.3 Å². The molecular formula is C25H21ClN4O2Si. The normalized spacial score (nSPS) is 10.4. The van der Waals surface area contributed by atoms with E-state index in [-0.39, 0.29) is 5.56 Å². The summed E-state index contributed by atoms with van der Waals surface area (Å²) in [6, 6.07) is 14.3. The summed E-state index contributed by atoms with van der Waals surface area (Å²) in [5.41, 5.74) is 5.33. The lowest BCUT2D eigenvalue weighted by atomic mass is 10.1. The SMILES string of the molecule is [C-]#[N+]c1ccc(C(=O)Nc2ccc(Cl)cc2C(=O)Nc2ccc(C#C[Si](C)(C)C)cn2)cc1. The molecule has 3 rings (SSSR count). The van der Waals surface area contributed by atoms with Gasteiger partial charge in [0.1, 0.15) is 13.9 Å². The molecule has 2 aromatic carbocycles. The second-order valence-electron chi connectivity index (χ2n) is 8.19. The van der Waals surface area contributed by atoms with Gasteiger partial charge in [-0.1, -0.05) is 61.4 Å². The number of benzene rings is 2. The average Bonchev–Trinajstić information content (AvgIpc) is 2.79. The van der Waals surface area contributed by atoms with Crippen molar-refractivity contribution in [2.24, 2.45) is 0 Å². The molecule has 0 bridgehead atoms. The molecule has 0 saturated heterocycles. The zero-order chi connectivity index (χ0) is 24.0. The number of nitrogens with one attached hydrogen (secondary N) is 2. The smallest absolute Gasteiger partial charge is 0.258 e. The highest BCUT2D eigenvalue weighted by atomic mass is 35.5. The Morgan fingerprint density at radius 1 is 1.00 bits per heavy atom. The summed E-state index contributed by atoms with van der Waals surface area (Å²) < 4.78 is 0. The van der Waals surface area contributed by atoms with Crippen molar-refractivity contribution < 1.29 is 9.59 Å². The van der Waals surface area contributed by atoms with Crippen LogP contribution in [0.1, 0.15) is 26.3 Å². The topological polar surface area (TPSA) is 75.5 Å². The van der Waals surface area contributed by atoms with Gasteiger partial charge in [0.25, 0.3) is 11.8 Å². The number of anilines is 2. The van der Waals surface area contributed by atoms with Gasteiger partial charge in [0.05, 0.1) is 17.8 Å². The van der Waals surface area contributed by atoms with Crippen LogP contribution in [0, 0.1) is 18.0 Å². The van der Waals surface area contributed by atoms with Crippen LogP contribution in [0.25, 0.3) is 4.85 Å². The Hall–Kier alpha value is -3.91. The average molecular weight is 473 g/mol. The minimum Gasteiger partial charge on any atom is -0.321 e. The maximum absolute atomic E-state index is 12.9. The summed E-state index contributed by atoms with van der Waals surface area (Å²) in [5, 5.41) is 5.80. The molecule has 8 heteroatoms. The Balaban J connectivity index is 1.77. The summed E-state index contributed by atoms with van der Waals surface area (Å²) in [6.45, 7) is 13.5. The Labute approximate surface area is 198 Å². The number of hydrogen-bond acceptors (Lipinski definition) is 3. The molecular weight excluding hydrogens is 452 g/mol. The third-order valence-electron chi connectivity index (χ3n) is 4.32. The van der Waals surface area contributed by atoms with Gasteiger partial charge in [0, 0.05) is 22.3 Å². The van der Waals surface area contributed by atoms with Crippen LogP contribution >= 0.6 is 11.6 Å². The lowest BCUT2D eigenvalue weighted by Crippen LogP contribution is -2.18. The van der Waals surface area contributed by atoms with Crippen molar-refractivity contribution in [2.45, 2.75) is 19.6 Å². The van der Waals surface area contributed by atoms with E-state index >= 15 is 0 Å². The van der Waals surface area contributed by atoms with E-state index in [0.717, 1.165) is 5.56 Å². The first-order valence-corrected chi connectivity index (χ1v) is 13.9. The van der Waals surface area contributed by atoms with Crippen LogP contribution in [0.15, 0.2) is 60.8 Å². The highest BCUT2D eigenvalue weighted by Gasteiger charge is 2.16. The molecule has 0 atom stereocenters. The summed E-state index contributed by atoms with van der Waals surface area (Å²) in [5.74, 6) is 2.59. The number of halogens is 1. The zero-order valence-corrected chi connectivity index (χ0v) is 20.1. The van der Waals surface area contributed by atoms with Gasteiger partial charge in [-0.3, -0.25) is 9.59 Å². The Morgan fingerprint density at radius 3 is 2.33 bits per heavy atom. The fourth-order valence-corrected chi connectivity index (χ4v) is 3.37. The largest absolute Gasteiger partial charge is 0.321 e. The summed E-state index contributed by atoms with van der Waals surface area (Å²) in [7, 11) is -1.50. The van der Waals surface area contributed by atoms with Crippen LogP contribution in [-0.4, -0.2) is 24.9 Å². The lowest BCUT2D eigenvalue weighted by molar-refractivity contribution is 0.102. The highest BCUT2D eigenvalue weighted by Crippen LogP contribution is 2.23. The van der Waals surface area contributed by atoms with Crippen LogP contribution in [0.3, 0.4) is 0 Å². The first-order valence-electron chi connectivity index (χ1n) is 10.0.